The molecule has 1 aliphatic rings. The fourth-order valence-electron chi connectivity index (χ4n) is 1.79. The fraction of sp³-hybridized carbons (Fsp3) is 0.917. The number of ether oxygens (including phenoxy) is 1. The molecule has 94 valence electrons. The van der Waals surface area contributed by atoms with Gasteiger partial charge < -0.3 is 15.4 Å². The Kier molecular flexibility index (Phi) is 5.77. The van der Waals surface area contributed by atoms with E-state index in [1.807, 2.05) is 0 Å². The highest BCUT2D eigenvalue weighted by atomic mass is 16.5. The smallest absolute Gasteiger partial charge is 0.246 e. The molecular weight excluding hydrogens is 204 g/mol. The molecule has 1 fully saturated rings. The van der Waals surface area contributed by atoms with Crippen LogP contribution in [0.5, 0.6) is 0 Å². The second-order valence-corrected chi connectivity index (χ2v) is 4.93. The molecule has 0 bridgehead atoms. The maximum absolute atomic E-state index is 11.4. The highest BCUT2D eigenvalue weighted by molar-refractivity contribution is 5.77. The van der Waals surface area contributed by atoms with Crippen LogP contribution in [0.25, 0.3) is 0 Å². The number of amides is 1. The minimum Gasteiger partial charge on any atom is -0.367 e. The number of piperidine rings is 1. The van der Waals surface area contributed by atoms with Crippen molar-refractivity contribution in [2.24, 2.45) is 5.92 Å². The van der Waals surface area contributed by atoms with Gasteiger partial charge in [-0.2, -0.15) is 0 Å². The second kappa shape index (κ2) is 6.86. The van der Waals surface area contributed by atoms with Crippen molar-refractivity contribution >= 4 is 5.91 Å². The maximum atomic E-state index is 11.4. The third-order valence-electron chi connectivity index (χ3n) is 2.83. The number of rotatable bonds is 5. The van der Waals surface area contributed by atoms with Gasteiger partial charge in [-0.05, 0) is 32.2 Å². The number of carbonyl (C=O) groups excluding carboxylic acids is 1. The van der Waals surface area contributed by atoms with Gasteiger partial charge in [-0.3, -0.25) is 4.79 Å². The van der Waals surface area contributed by atoms with Gasteiger partial charge in [0.1, 0.15) is 6.61 Å². The summed E-state index contributed by atoms with van der Waals surface area (Å²) in [5.74, 6) is 0.477. The fourth-order valence-corrected chi connectivity index (χ4v) is 1.79. The summed E-state index contributed by atoms with van der Waals surface area (Å²) in [6.45, 7) is 8.23. The molecule has 1 rings (SSSR count). The third kappa shape index (κ3) is 4.94. The molecule has 2 unspecified atom stereocenters. The summed E-state index contributed by atoms with van der Waals surface area (Å²) in [7, 11) is 0. The summed E-state index contributed by atoms with van der Waals surface area (Å²) in [5, 5.41) is 6.20. The molecule has 1 saturated heterocycles. The van der Waals surface area contributed by atoms with Gasteiger partial charge in [0, 0.05) is 12.6 Å². The number of hydrogen-bond donors (Lipinski definition) is 2. The summed E-state index contributed by atoms with van der Waals surface area (Å²) in [6, 6.07) is 0.353. The molecule has 2 N–H and O–H groups in total. The molecule has 0 spiro atoms. The third-order valence-corrected chi connectivity index (χ3v) is 2.83. The van der Waals surface area contributed by atoms with E-state index in [0.717, 1.165) is 25.9 Å². The van der Waals surface area contributed by atoms with E-state index in [-0.39, 0.29) is 18.6 Å². The van der Waals surface area contributed by atoms with Gasteiger partial charge in [-0.25, -0.2) is 0 Å². The second-order valence-electron chi connectivity index (χ2n) is 4.93. The Labute approximate surface area is 98.1 Å². The van der Waals surface area contributed by atoms with Crippen molar-refractivity contribution in [1.29, 1.82) is 0 Å². The van der Waals surface area contributed by atoms with E-state index in [2.05, 4.69) is 31.4 Å². The van der Waals surface area contributed by atoms with E-state index in [1.54, 1.807) is 0 Å². The maximum Gasteiger partial charge on any atom is 0.246 e. The Hall–Kier alpha value is -0.610. The Bertz CT molecular complexity index is 219. The summed E-state index contributed by atoms with van der Waals surface area (Å²) in [6.07, 6.45) is 2.35. The van der Waals surface area contributed by atoms with E-state index in [9.17, 15) is 4.79 Å². The van der Waals surface area contributed by atoms with Gasteiger partial charge in [-0.15, -0.1) is 0 Å². The predicted octanol–water partition coefficient (Wildman–Crippen LogP) is 0.916. The molecule has 1 heterocycles. The molecule has 1 aliphatic heterocycles. The van der Waals surface area contributed by atoms with Crippen LogP contribution in [0.1, 0.15) is 33.6 Å². The van der Waals surface area contributed by atoms with Crippen LogP contribution in [0, 0.1) is 5.92 Å². The summed E-state index contributed by atoms with van der Waals surface area (Å²) >= 11 is 0. The van der Waals surface area contributed by atoms with Gasteiger partial charge in [-0.1, -0.05) is 13.8 Å². The van der Waals surface area contributed by atoms with Crippen LogP contribution in [0.2, 0.25) is 0 Å². The van der Waals surface area contributed by atoms with Gasteiger partial charge in [0.2, 0.25) is 5.91 Å². The Balaban J connectivity index is 2.15. The van der Waals surface area contributed by atoms with E-state index in [1.165, 1.54) is 0 Å². The highest BCUT2D eigenvalue weighted by Crippen LogP contribution is 2.11. The molecule has 4 nitrogen and oxygen atoms in total. The molecule has 0 aromatic heterocycles. The largest absolute Gasteiger partial charge is 0.367 e. The monoisotopic (exact) mass is 228 g/mol. The van der Waals surface area contributed by atoms with Gasteiger partial charge in [0.05, 0.1) is 6.10 Å². The zero-order chi connectivity index (χ0) is 12.0. The summed E-state index contributed by atoms with van der Waals surface area (Å²) in [4.78, 5) is 11.4. The van der Waals surface area contributed by atoms with Crippen molar-refractivity contribution in [3.8, 4) is 0 Å². The zero-order valence-corrected chi connectivity index (χ0v) is 10.6. The van der Waals surface area contributed by atoms with Crippen LogP contribution in [-0.4, -0.2) is 37.7 Å². The lowest BCUT2D eigenvalue weighted by Crippen LogP contribution is -2.45. The molecule has 0 radical (unpaired) electrons. The lowest BCUT2D eigenvalue weighted by Gasteiger charge is -2.29. The zero-order valence-electron chi connectivity index (χ0n) is 10.6. The molecule has 16 heavy (non-hydrogen) atoms. The normalized spacial score (nSPS) is 25.8. The minimum atomic E-state index is -0.00789. The lowest BCUT2D eigenvalue weighted by molar-refractivity contribution is -0.128. The van der Waals surface area contributed by atoms with E-state index < -0.39 is 0 Å². The molecule has 1 amide bonds. The molecule has 4 heteroatoms. The van der Waals surface area contributed by atoms with Crippen molar-refractivity contribution in [2.45, 2.75) is 45.8 Å². The van der Waals surface area contributed by atoms with E-state index >= 15 is 0 Å². The first-order valence-electron chi connectivity index (χ1n) is 6.21. The van der Waals surface area contributed by atoms with E-state index in [4.69, 9.17) is 4.74 Å². The van der Waals surface area contributed by atoms with Crippen LogP contribution in [0.3, 0.4) is 0 Å². The van der Waals surface area contributed by atoms with E-state index in [0.29, 0.717) is 12.0 Å². The topological polar surface area (TPSA) is 50.4 Å². The van der Waals surface area contributed by atoms with Gasteiger partial charge in [0.15, 0.2) is 0 Å². The van der Waals surface area contributed by atoms with Gasteiger partial charge in [0.25, 0.3) is 0 Å². The summed E-state index contributed by atoms with van der Waals surface area (Å²) in [5.41, 5.74) is 0. The van der Waals surface area contributed by atoms with Crippen molar-refractivity contribution in [1.82, 2.24) is 10.6 Å². The van der Waals surface area contributed by atoms with Crippen molar-refractivity contribution < 1.29 is 9.53 Å². The predicted molar refractivity (Wildman–Crippen MR) is 64.3 cm³/mol. The highest BCUT2D eigenvalue weighted by Gasteiger charge is 2.21. The van der Waals surface area contributed by atoms with Crippen LogP contribution < -0.4 is 10.6 Å². The standard InChI is InChI=1S/C12H24N2O2/c1-9(2)7-14-12(15)8-16-11-5-4-6-13-10(11)3/h9-11,13H,4-8H2,1-3H3,(H,14,15). The first-order valence-corrected chi connectivity index (χ1v) is 6.21. The number of nitrogens with one attached hydrogen (secondary N) is 2. The Morgan fingerprint density at radius 1 is 1.56 bits per heavy atom. The Morgan fingerprint density at radius 3 is 2.94 bits per heavy atom. The quantitative estimate of drug-likeness (QED) is 0.735. The minimum absolute atomic E-state index is 0.00789. The average molecular weight is 228 g/mol. The molecule has 0 aliphatic carbocycles. The average Bonchev–Trinajstić information content (AvgIpc) is 2.25. The first kappa shape index (κ1) is 13.5. The van der Waals surface area contributed by atoms with Gasteiger partial charge >= 0.3 is 0 Å². The molecule has 0 aromatic rings. The number of hydrogen-bond acceptors (Lipinski definition) is 3. The number of carbonyl (C=O) groups is 1. The Morgan fingerprint density at radius 2 is 2.31 bits per heavy atom. The van der Waals surface area contributed by atoms with Crippen LogP contribution in [0.15, 0.2) is 0 Å². The van der Waals surface area contributed by atoms with Crippen LogP contribution in [-0.2, 0) is 9.53 Å². The molecule has 2 atom stereocenters. The molecular formula is C12H24N2O2. The van der Waals surface area contributed by atoms with Crippen LogP contribution >= 0.6 is 0 Å². The van der Waals surface area contributed by atoms with Crippen LogP contribution in [0.4, 0.5) is 0 Å². The summed E-state index contributed by atoms with van der Waals surface area (Å²) < 4.78 is 5.61. The molecule has 0 saturated carbocycles. The molecule has 0 aromatic carbocycles. The first-order chi connectivity index (χ1) is 7.59. The van der Waals surface area contributed by atoms with Crippen molar-refractivity contribution in [2.75, 3.05) is 19.7 Å². The van der Waals surface area contributed by atoms with Crippen molar-refractivity contribution in [3.05, 3.63) is 0 Å². The van der Waals surface area contributed by atoms with Crippen molar-refractivity contribution in [3.63, 3.8) is 0 Å². The lowest BCUT2D eigenvalue weighted by atomic mass is 10.0. The SMILES string of the molecule is CC(C)CNC(=O)COC1CCCNC1C.